The fourth-order valence-corrected chi connectivity index (χ4v) is 1.23. The highest BCUT2D eigenvalue weighted by molar-refractivity contribution is 5.54. The van der Waals surface area contributed by atoms with Gasteiger partial charge in [0.1, 0.15) is 5.82 Å². The molecule has 0 unspecified atom stereocenters. The summed E-state index contributed by atoms with van der Waals surface area (Å²) >= 11 is 0. The Bertz CT molecular complexity index is 495. The van der Waals surface area contributed by atoms with Gasteiger partial charge in [-0.3, -0.25) is 0 Å². The third kappa shape index (κ3) is 1.23. The number of hydrogen-bond acceptors (Lipinski definition) is 3. The summed E-state index contributed by atoms with van der Waals surface area (Å²) in [5, 5.41) is 0. The van der Waals surface area contributed by atoms with Crippen LogP contribution in [0.2, 0.25) is 0 Å². The van der Waals surface area contributed by atoms with Gasteiger partial charge in [0.2, 0.25) is 6.08 Å². The maximum Gasteiger partial charge on any atom is 0.240 e. The molecule has 4 heteroatoms. The van der Waals surface area contributed by atoms with Gasteiger partial charge in [0, 0.05) is 6.20 Å². The number of carbonyl (C=O) groups excluding carboxylic acids is 1. The first kappa shape index (κ1) is 7.71. The summed E-state index contributed by atoms with van der Waals surface area (Å²) in [6.45, 7) is 1.89. The highest BCUT2D eigenvalue weighted by Gasteiger charge is 1.98. The largest absolute Gasteiger partial charge is 0.302 e. The summed E-state index contributed by atoms with van der Waals surface area (Å²) < 4.78 is 1.87. The number of imidazole rings is 1. The lowest BCUT2D eigenvalue weighted by atomic mass is 10.4. The Kier molecular flexibility index (Phi) is 1.69. The van der Waals surface area contributed by atoms with E-state index < -0.39 is 0 Å². The normalized spacial score (nSPS) is 9.92. The highest BCUT2D eigenvalue weighted by Crippen LogP contribution is 2.14. The summed E-state index contributed by atoms with van der Waals surface area (Å²) in [5.41, 5.74) is 1.57. The second kappa shape index (κ2) is 2.84. The van der Waals surface area contributed by atoms with Gasteiger partial charge in [-0.1, -0.05) is 0 Å². The number of aromatic nitrogens is 2. The molecule has 0 bridgehead atoms. The molecular weight excluding hydrogens is 166 g/mol. The van der Waals surface area contributed by atoms with Crippen LogP contribution in [0.3, 0.4) is 0 Å². The molecule has 0 saturated heterocycles. The molecule has 0 aliphatic heterocycles. The summed E-state index contributed by atoms with van der Waals surface area (Å²) in [6.07, 6.45) is 5.02. The van der Waals surface area contributed by atoms with Crippen LogP contribution in [0.25, 0.3) is 5.52 Å². The molecule has 64 valence electrons. The van der Waals surface area contributed by atoms with E-state index in [2.05, 4.69) is 9.98 Å². The van der Waals surface area contributed by atoms with Gasteiger partial charge < -0.3 is 4.40 Å². The zero-order valence-electron chi connectivity index (χ0n) is 7.06. The van der Waals surface area contributed by atoms with Crippen LogP contribution in [0.15, 0.2) is 29.5 Å². The third-order valence-electron chi connectivity index (χ3n) is 1.87. The Morgan fingerprint density at radius 2 is 2.38 bits per heavy atom. The van der Waals surface area contributed by atoms with Gasteiger partial charge in [0.25, 0.3) is 0 Å². The van der Waals surface area contributed by atoms with Crippen molar-refractivity contribution in [2.24, 2.45) is 4.99 Å². The molecule has 2 aromatic heterocycles. The monoisotopic (exact) mass is 173 g/mol. The average molecular weight is 173 g/mol. The molecule has 13 heavy (non-hydrogen) atoms. The molecule has 2 rings (SSSR count). The fraction of sp³-hybridized carbons (Fsp3) is 0.111. The van der Waals surface area contributed by atoms with Crippen molar-refractivity contribution in [3.63, 3.8) is 0 Å². The Morgan fingerprint density at radius 1 is 1.54 bits per heavy atom. The van der Waals surface area contributed by atoms with E-state index in [1.807, 2.05) is 17.4 Å². The zero-order valence-corrected chi connectivity index (χ0v) is 7.06. The number of rotatable bonds is 1. The molecule has 0 saturated carbocycles. The van der Waals surface area contributed by atoms with Crippen molar-refractivity contribution in [3.05, 3.63) is 30.4 Å². The van der Waals surface area contributed by atoms with Gasteiger partial charge in [0.15, 0.2) is 0 Å². The molecule has 0 aromatic carbocycles. The molecule has 0 N–H and O–H groups in total. The first-order valence-electron chi connectivity index (χ1n) is 3.83. The molecule has 0 radical (unpaired) electrons. The van der Waals surface area contributed by atoms with Crippen molar-refractivity contribution in [3.8, 4) is 0 Å². The minimum absolute atomic E-state index is 0.587. The number of isocyanates is 1. The van der Waals surface area contributed by atoms with E-state index in [4.69, 9.17) is 0 Å². The maximum absolute atomic E-state index is 10.0. The number of aryl methyl sites for hydroxylation is 1. The van der Waals surface area contributed by atoms with Crippen LogP contribution < -0.4 is 0 Å². The molecule has 4 nitrogen and oxygen atoms in total. The summed E-state index contributed by atoms with van der Waals surface area (Å²) in [4.78, 5) is 17.7. The molecule has 0 aliphatic carbocycles. The number of aliphatic imine (C=N–C) groups is 1. The van der Waals surface area contributed by atoms with Crippen LogP contribution >= 0.6 is 0 Å². The van der Waals surface area contributed by atoms with E-state index in [-0.39, 0.29) is 0 Å². The predicted molar refractivity (Wildman–Crippen MR) is 47.7 cm³/mol. The molecule has 0 spiro atoms. The van der Waals surface area contributed by atoms with Gasteiger partial charge >= 0.3 is 0 Å². The summed E-state index contributed by atoms with van der Waals surface area (Å²) in [5.74, 6) is 0.873. The average Bonchev–Trinajstić information content (AvgIpc) is 2.49. The lowest BCUT2D eigenvalue weighted by Gasteiger charge is -1.96. The lowest BCUT2D eigenvalue weighted by Crippen LogP contribution is -1.85. The molecular formula is C9H7N3O. The minimum Gasteiger partial charge on any atom is -0.302 e. The Balaban J connectivity index is 2.72. The maximum atomic E-state index is 10.0. The van der Waals surface area contributed by atoms with Crippen molar-refractivity contribution >= 4 is 17.3 Å². The number of pyridine rings is 1. The van der Waals surface area contributed by atoms with Crippen molar-refractivity contribution in [2.45, 2.75) is 6.92 Å². The van der Waals surface area contributed by atoms with Crippen molar-refractivity contribution in [2.75, 3.05) is 0 Å². The second-order valence-corrected chi connectivity index (χ2v) is 2.69. The second-order valence-electron chi connectivity index (χ2n) is 2.69. The number of hydrogen-bond donors (Lipinski definition) is 0. The summed E-state index contributed by atoms with van der Waals surface area (Å²) in [6, 6.07) is 3.61. The van der Waals surface area contributed by atoms with E-state index in [1.54, 1.807) is 18.5 Å². The van der Waals surface area contributed by atoms with Gasteiger partial charge in [-0.15, -0.1) is 0 Å². The standard InChI is InChI=1S/C9H7N3O/c1-7-10-4-9-3-2-8(11-6-13)5-12(7)9/h2-5H,1H3. The number of nitrogens with zero attached hydrogens (tertiary/aromatic N) is 3. The van der Waals surface area contributed by atoms with Crippen LogP contribution in [0.4, 0.5) is 5.69 Å². The smallest absolute Gasteiger partial charge is 0.240 e. The first-order chi connectivity index (χ1) is 6.31. The van der Waals surface area contributed by atoms with Crippen LogP contribution in [-0.4, -0.2) is 15.5 Å². The van der Waals surface area contributed by atoms with E-state index in [0.29, 0.717) is 5.69 Å². The van der Waals surface area contributed by atoms with Crippen LogP contribution in [0.5, 0.6) is 0 Å². The molecule has 2 aromatic rings. The third-order valence-corrected chi connectivity index (χ3v) is 1.87. The van der Waals surface area contributed by atoms with E-state index in [0.717, 1.165) is 11.3 Å². The van der Waals surface area contributed by atoms with Crippen LogP contribution in [0.1, 0.15) is 5.82 Å². The van der Waals surface area contributed by atoms with Gasteiger partial charge in [-0.05, 0) is 19.1 Å². The van der Waals surface area contributed by atoms with Crippen LogP contribution in [0, 0.1) is 6.92 Å². The van der Waals surface area contributed by atoms with Crippen molar-refractivity contribution in [1.82, 2.24) is 9.38 Å². The molecule has 0 atom stereocenters. The Labute approximate surface area is 74.6 Å². The molecule has 0 aliphatic rings. The van der Waals surface area contributed by atoms with E-state index >= 15 is 0 Å². The lowest BCUT2D eigenvalue weighted by molar-refractivity contribution is 0.565. The fourth-order valence-electron chi connectivity index (χ4n) is 1.23. The first-order valence-corrected chi connectivity index (χ1v) is 3.83. The number of fused-ring (bicyclic) bond motifs is 1. The van der Waals surface area contributed by atoms with Crippen LogP contribution in [-0.2, 0) is 4.79 Å². The quantitative estimate of drug-likeness (QED) is 0.485. The minimum atomic E-state index is 0.587. The van der Waals surface area contributed by atoms with Crippen molar-refractivity contribution in [1.29, 1.82) is 0 Å². The van der Waals surface area contributed by atoms with E-state index in [9.17, 15) is 4.79 Å². The Morgan fingerprint density at radius 3 is 3.15 bits per heavy atom. The highest BCUT2D eigenvalue weighted by atomic mass is 16.1. The van der Waals surface area contributed by atoms with E-state index in [1.165, 1.54) is 6.08 Å². The topological polar surface area (TPSA) is 46.7 Å². The zero-order chi connectivity index (χ0) is 9.26. The van der Waals surface area contributed by atoms with Crippen molar-refractivity contribution < 1.29 is 4.79 Å². The Hall–Kier alpha value is -1.93. The van der Waals surface area contributed by atoms with Gasteiger partial charge in [-0.2, -0.15) is 4.99 Å². The molecule has 0 amide bonds. The SMILES string of the molecule is Cc1ncc2ccc(N=C=O)cn12. The van der Waals surface area contributed by atoms with Gasteiger partial charge in [0.05, 0.1) is 17.4 Å². The summed E-state index contributed by atoms with van der Waals surface area (Å²) in [7, 11) is 0. The molecule has 2 heterocycles. The molecule has 0 fully saturated rings. The van der Waals surface area contributed by atoms with Gasteiger partial charge in [-0.25, -0.2) is 9.78 Å². The predicted octanol–water partition coefficient (Wildman–Crippen LogP) is 1.61.